The first-order chi connectivity index (χ1) is 7.69. The van der Waals surface area contributed by atoms with Gasteiger partial charge in [-0.1, -0.05) is 29.3 Å². The standard InChI is InChI=1S/C14H21NO/c1-10-5-11(2)7-13(6-10)12-3-4-15-14(8-12)9-16/h5-7,12,14-16H,3-4,8-9H2,1-2H3. The zero-order valence-corrected chi connectivity index (χ0v) is 10.2. The average Bonchev–Trinajstić information content (AvgIpc) is 2.28. The minimum Gasteiger partial charge on any atom is -0.395 e. The number of aliphatic hydroxyl groups excluding tert-OH is 1. The SMILES string of the molecule is Cc1cc(C)cc(C2CCNC(CO)C2)c1. The first-order valence-corrected chi connectivity index (χ1v) is 6.11. The molecule has 2 atom stereocenters. The van der Waals surface area contributed by atoms with E-state index in [1.54, 1.807) is 0 Å². The zero-order valence-electron chi connectivity index (χ0n) is 10.2. The van der Waals surface area contributed by atoms with Gasteiger partial charge >= 0.3 is 0 Å². The monoisotopic (exact) mass is 219 g/mol. The number of piperidine rings is 1. The molecule has 0 radical (unpaired) electrons. The topological polar surface area (TPSA) is 32.3 Å². The predicted molar refractivity (Wildman–Crippen MR) is 66.8 cm³/mol. The van der Waals surface area contributed by atoms with Crippen LogP contribution in [0.1, 0.15) is 35.4 Å². The van der Waals surface area contributed by atoms with Gasteiger partial charge in [-0.25, -0.2) is 0 Å². The molecule has 1 fully saturated rings. The third-order valence-corrected chi connectivity index (χ3v) is 3.43. The Hall–Kier alpha value is -0.860. The third kappa shape index (κ3) is 2.63. The lowest BCUT2D eigenvalue weighted by Crippen LogP contribution is -2.39. The van der Waals surface area contributed by atoms with E-state index in [2.05, 4.69) is 37.4 Å². The minimum atomic E-state index is 0.251. The van der Waals surface area contributed by atoms with Crippen LogP contribution in [0.25, 0.3) is 0 Å². The Morgan fingerprint density at radius 2 is 1.94 bits per heavy atom. The fraction of sp³-hybridized carbons (Fsp3) is 0.571. The molecule has 0 bridgehead atoms. The maximum absolute atomic E-state index is 9.20. The van der Waals surface area contributed by atoms with E-state index >= 15 is 0 Å². The second-order valence-corrected chi connectivity index (χ2v) is 4.98. The molecule has 2 rings (SSSR count). The Bertz CT molecular complexity index is 342. The van der Waals surface area contributed by atoms with Gasteiger partial charge in [-0.2, -0.15) is 0 Å². The molecule has 2 heteroatoms. The molecule has 1 saturated heterocycles. The summed E-state index contributed by atoms with van der Waals surface area (Å²) in [5.74, 6) is 0.608. The number of rotatable bonds is 2. The van der Waals surface area contributed by atoms with Crippen LogP contribution in [0.5, 0.6) is 0 Å². The van der Waals surface area contributed by atoms with Crippen molar-refractivity contribution in [2.45, 2.75) is 38.6 Å². The predicted octanol–water partition coefficient (Wildman–Crippen LogP) is 2.13. The van der Waals surface area contributed by atoms with E-state index in [4.69, 9.17) is 0 Å². The lowest BCUT2D eigenvalue weighted by molar-refractivity contribution is 0.210. The van der Waals surface area contributed by atoms with Crippen molar-refractivity contribution in [2.24, 2.45) is 0 Å². The number of benzene rings is 1. The first kappa shape index (κ1) is 11.6. The van der Waals surface area contributed by atoms with E-state index in [0.717, 1.165) is 13.0 Å². The molecule has 1 aromatic rings. The summed E-state index contributed by atoms with van der Waals surface area (Å²) in [6.45, 7) is 5.58. The summed E-state index contributed by atoms with van der Waals surface area (Å²) in [4.78, 5) is 0. The van der Waals surface area contributed by atoms with Crippen LogP contribution in [0.4, 0.5) is 0 Å². The molecule has 1 heterocycles. The Kier molecular flexibility index (Phi) is 3.62. The van der Waals surface area contributed by atoms with Gasteiger partial charge in [-0.15, -0.1) is 0 Å². The highest BCUT2D eigenvalue weighted by atomic mass is 16.3. The Morgan fingerprint density at radius 3 is 2.56 bits per heavy atom. The van der Waals surface area contributed by atoms with Crippen LogP contribution in [0.3, 0.4) is 0 Å². The molecular weight excluding hydrogens is 198 g/mol. The smallest absolute Gasteiger partial charge is 0.0584 e. The summed E-state index contributed by atoms with van der Waals surface area (Å²) in [5.41, 5.74) is 4.13. The van der Waals surface area contributed by atoms with E-state index in [1.165, 1.54) is 23.1 Å². The van der Waals surface area contributed by atoms with Crippen molar-refractivity contribution in [3.63, 3.8) is 0 Å². The summed E-state index contributed by atoms with van der Waals surface area (Å²) in [6.07, 6.45) is 2.23. The van der Waals surface area contributed by atoms with Crippen molar-refractivity contribution in [1.82, 2.24) is 5.32 Å². The van der Waals surface area contributed by atoms with Crippen molar-refractivity contribution < 1.29 is 5.11 Å². The van der Waals surface area contributed by atoms with E-state index in [9.17, 15) is 5.11 Å². The van der Waals surface area contributed by atoms with Crippen molar-refractivity contribution in [3.05, 3.63) is 34.9 Å². The maximum atomic E-state index is 9.20. The van der Waals surface area contributed by atoms with E-state index in [-0.39, 0.29) is 12.6 Å². The highest BCUT2D eigenvalue weighted by Gasteiger charge is 2.22. The van der Waals surface area contributed by atoms with Gasteiger partial charge in [0.05, 0.1) is 6.61 Å². The summed E-state index contributed by atoms with van der Waals surface area (Å²) in [6, 6.07) is 7.07. The van der Waals surface area contributed by atoms with Gasteiger partial charge in [0.1, 0.15) is 0 Å². The van der Waals surface area contributed by atoms with E-state index < -0.39 is 0 Å². The van der Waals surface area contributed by atoms with Crippen molar-refractivity contribution >= 4 is 0 Å². The summed E-state index contributed by atoms with van der Waals surface area (Å²) < 4.78 is 0. The lowest BCUT2D eigenvalue weighted by atomic mass is 9.85. The van der Waals surface area contributed by atoms with Gasteiger partial charge in [-0.3, -0.25) is 0 Å². The molecule has 2 nitrogen and oxygen atoms in total. The van der Waals surface area contributed by atoms with Crippen LogP contribution in [0.15, 0.2) is 18.2 Å². The molecular formula is C14H21NO. The molecule has 16 heavy (non-hydrogen) atoms. The Morgan fingerprint density at radius 1 is 1.25 bits per heavy atom. The fourth-order valence-corrected chi connectivity index (χ4v) is 2.69. The molecule has 1 aromatic carbocycles. The van der Waals surface area contributed by atoms with Crippen molar-refractivity contribution in [3.8, 4) is 0 Å². The average molecular weight is 219 g/mol. The van der Waals surface area contributed by atoms with Gasteiger partial charge in [0.2, 0.25) is 0 Å². The van der Waals surface area contributed by atoms with Gasteiger partial charge in [-0.05, 0) is 44.7 Å². The van der Waals surface area contributed by atoms with Crippen LogP contribution in [-0.4, -0.2) is 24.3 Å². The van der Waals surface area contributed by atoms with Crippen LogP contribution in [0, 0.1) is 13.8 Å². The number of hydrogen-bond donors (Lipinski definition) is 2. The molecule has 88 valence electrons. The quantitative estimate of drug-likeness (QED) is 0.798. The van der Waals surface area contributed by atoms with Crippen LogP contribution in [-0.2, 0) is 0 Å². The second kappa shape index (κ2) is 4.98. The molecule has 0 saturated carbocycles. The Labute approximate surface area is 97.7 Å². The van der Waals surface area contributed by atoms with E-state index in [0.29, 0.717) is 5.92 Å². The maximum Gasteiger partial charge on any atom is 0.0584 e. The van der Waals surface area contributed by atoms with Crippen LogP contribution in [0.2, 0.25) is 0 Å². The Balaban J connectivity index is 2.16. The molecule has 1 aliphatic heterocycles. The van der Waals surface area contributed by atoms with Crippen molar-refractivity contribution in [1.29, 1.82) is 0 Å². The number of nitrogens with one attached hydrogen (secondary N) is 1. The second-order valence-electron chi connectivity index (χ2n) is 4.98. The lowest BCUT2D eigenvalue weighted by Gasteiger charge is -2.29. The van der Waals surface area contributed by atoms with Crippen LogP contribution >= 0.6 is 0 Å². The highest BCUT2D eigenvalue weighted by Crippen LogP contribution is 2.28. The zero-order chi connectivity index (χ0) is 11.5. The van der Waals surface area contributed by atoms with Gasteiger partial charge in [0, 0.05) is 6.04 Å². The van der Waals surface area contributed by atoms with Gasteiger partial charge in [0.25, 0.3) is 0 Å². The first-order valence-electron chi connectivity index (χ1n) is 6.11. The molecule has 1 aliphatic rings. The summed E-state index contributed by atoms with van der Waals surface area (Å²) >= 11 is 0. The molecule has 0 amide bonds. The van der Waals surface area contributed by atoms with Gasteiger partial charge in [0.15, 0.2) is 0 Å². The normalized spacial score (nSPS) is 25.7. The molecule has 2 N–H and O–H groups in total. The third-order valence-electron chi connectivity index (χ3n) is 3.43. The molecule has 2 unspecified atom stereocenters. The number of aliphatic hydroxyl groups is 1. The molecule has 0 spiro atoms. The fourth-order valence-electron chi connectivity index (χ4n) is 2.69. The summed E-state index contributed by atoms with van der Waals surface area (Å²) in [7, 11) is 0. The minimum absolute atomic E-state index is 0.251. The number of hydrogen-bond acceptors (Lipinski definition) is 2. The summed E-state index contributed by atoms with van der Waals surface area (Å²) in [5, 5.41) is 12.6. The van der Waals surface area contributed by atoms with Crippen molar-refractivity contribution in [2.75, 3.05) is 13.2 Å². The van der Waals surface area contributed by atoms with Gasteiger partial charge < -0.3 is 10.4 Å². The highest BCUT2D eigenvalue weighted by molar-refractivity contribution is 5.31. The van der Waals surface area contributed by atoms with E-state index in [1.807, 2.05) is 0 Å². The largest absolute Gasteiger partial charge is 0.395 e. The molecule has 0 aromatic heterocycles. The van der Waals surface area contributed by atoms with Crippen LogP contribution < -0.4 is 5.32 Å². The number of aryl methyl sites for hydroxylation is 2. The molecule has 0 aliphatic carbocycles.